The van der Waals surface area contributed by atoms with E-state index in [1.54, 1.807) is 16.9 Å². The molecule has 0 spiro atoms. The minimum Gasteiger partial charge on any atom is -0.324 e. The summed E-state index contributed by atoms with van der Waals surface area (Å²) in [4.78, 5) is 4.15. The third kappa shape index (κ3) is 1.05. The van der Waals surface area contributed by atoms with Gasteiger partial charge in [-0.15, -0.1) is 0 Å². The van der Waals surface area contributed by atoms with Gasteiger partial charge in [0.05, 0.1) is 29.1 Å². The summed E-state index contributed by atoms with van der Waals surface area (Å²) in [5, 5.41) is 4.08. The summed E-state index contributed by atoms with van der Waals surface area (Å²) in [7, 11) is 0. The van der Waals surface area contributed by atoms with Crippen molar-refractivity contribution >= 4 is 34.2 Å². The maximum absolute atomic E-state index is 4.15. The Bertz CT molecular complexity index is 369. The lowest BCUT2D eigenvalue weighted by Gasteiger charge is -1.91. The summed E-state index contributed by atoms with van der Waals surface area (Å²) in [5.74, 6) is 0. The first-order chi connectivity index (χ1) is 5.42. The molecule has 0 radical (unpaired) electrons. The fourth-order valence-corrected chi connectivity index (χ4v) is 1.27. The van der Waals surface area contributed by atoms with Gasteiger partial charge in [0.2, 0.25) is 0 Å². The van der Waals surface area contributed by atoms with E-state index in [9.17, 15) is 0 Å². The molecule has 11 heavy (non-hydrogen) atoms. The number of aromatic nitrogens is 3. The van der Waals surface area contributed by atoms with E-state index in [1.807, 2.05) is 12.3 Å². The van der Waals surface area contributed by atoms with Crippen LogP contribution in [0.25, 0.3) is 5.65 Å². The molecule has 1 N–H and O–H groups in total. The molecule has 0 amide bonds. The number of hydrogen-bond donors (Lipinski definition) is 1. The highest BCUT2D eigenvalue weighted by Gasteiger charge is 2.00. The number of nitrogens with one attached hydrogen (secondary N) is 1. The van der Waals surface area contributed by atoms with Gasteiger partial charge in [0.25, 0.3) is 0 Å². The van der Waals surface area contributed by atoms with E-state index in [2.05, 4.69) is 36.5 Å². The first kappa shape index (κ1) is 6.84. The van der Waals surface area contributed by atoms with Crippen LogP contribution in [0.15, 0.2) is 24.7 Å². The Morgan fingerprint density at radius 3 is 3.27 bits per heavy atom. The second kappa shape index (κ2) is 2.65. The fourth-order valence-electron chi connectivity index (χ4n) is 0.894. The molecular weight excluding hydrogens is 255 g/mol. The zero-order valence-corrected chi connectivity index (χ0v) is 7.69. The molecule has 0 bridgehead atoms. The third-order valence-corrected chi connectivity index (χ3v) is 1.96. The number of nitrogens with zero attached hydrogens (tertiary/aromatic N) is 3. The Labute approximate surface area is 77.1 Å². The number of hydrogen-bond acceptors (Lipinski definition) is 3. The molecule has 0 saturated heterocycles. The van der Waals surface area contributed by atoms with Crippen LogP contribution in [0.2, 0.25) is 0 Å². The predicted octanol–water partition coefficient (Wildman–Crippen LogP) is 1.49. The standard InChI is InChI=1S/C6H5IN4/c7-10-5-4-9-11-3-1-2-8-6(5)11/h1-4,10H. The molecule has 0 saturated carbocycles. The largest absolute Gasteiger partial charge is 0.324 e. The Kier molecular flexibility index (Phi) is 1.65. The Morgan fingerprint density at radius 1 is 1.55 bits per heavy atom. The van der Waals surface area contributed by atoms with Crippen molar-refractivity contribution in [2.75, 3.05) is 3.53 Å². The molecule has 0 aromatic carbocycles. The van der Waals surface area contributed by atoms with Gasteiger partial charge in [-0.05, 0) is 6.07 Å². The SMILES string of the molecule is INc1cnn2cccnc12. The van der Waals surface area contributed by atoms with Gasteiger partial charge in [0.15, 0.2) is 5.65 Å². The van der Waals surface area contributed by atoms with Gasteiger partial charge in [0, 0.05) is 12.4 Å². The Hall–Kier alpha value is -0.850. The maximum atomic E-state index is 4.15. The van der Waals surface area contributed by atoms with Gasteiger partial charge in [0.1, 0.15) is 5.69 Å². The smallest absolute Gasteiger partial charge is 0.179 e. The van der Waals surface area contributed by atoms with E-state index < -0.39 is 0 Å². The molecule has 0 fully saturated rings. The van der Waals surface area contributed by atoms with Crippen LogP contribution in [-0.2, 0) is 0 Å². The quantitative estimate of drug-likeness (QED) is 0.624. The number of rotatable bonds is 1. The topological polar surface area (TPSA) is 42.2 Å². The van der Waals surface area contributed by atoms with Crippen LogP contribution >= 0.6 is 22.9 Å². The van der Waals surface area contributed by atoms with Crippen LogP contribution in [0.5, 0.6) is 0 Å². The van der Waals surface area contributed by atoms with Crippen LogP contribution in [0.4, 0.5) is 5.69 Å². The van der Waals surface area contributed by atoms with Crippen molar-refractivity contribution in [3.05, 3.63) is 24.7 Å². The summed E-state index contributed by atoms with van der Waals surface area (Å²) in [5.41, 5.74) is 1.79. The molecule has 2 aromatic rings. The van der Waals surface area contributed by atoms with E-state index in [0.717, 1.165) is 11.3 Å². The van der Waals surface area contributed by atoms with Gasteiger partial charge in [-0.25, -0.2) is 9.50 Å². The normalized spacial score (nSPS) is 10.3. The molecule has 0 aliphatic rings. The lowest BCUT2D eigenvalue weighted by molar-refractivity contribution is 0.939. The van der Waals surface area contributed by atoms with Crippen molar-refractivity contribution in [3.63, 3.8) is 0 Å². The molecule has 0 aliphatic carbocycles. The van der Waals surface area contributed by atoms with Crippen molar-refractivity contribution in [3.8, 4) is 0 Å². The van der Waals surface area contributed by atoms with E-state index in [1.165, 1.54) is 0 Å². The summed E-state index contributed by atoms with van der Waals surface area (Å²) in [6.07, 6.45) is 5.35. The monoisotopic (exact) mass is 260 g/mol. The molecule has 5 heteroatoms. The molecule has 2 heterocycles. The van der Waals surface area contributed by atoms with Crippen LogP contribution in [0, 0.1) is 0 Å². The summed E-state index contributed by atoms with van der Waals surface area (Å²) in [6, 6.07) is 1.84. The van der Waals surface area contributed by atoms with E-state index in [4.69, 9.17) is 0 Å². The number of anilines is 1. The molecule has 0 atom stereocenters. The highest BCUT2D eigenvalue weighted by Crippen LogP contribution is 2.13. The van der Waals surface area contributed by atoms with Crippen LogP contribution in [-0.4, -0.2) is 14.6 Å². The van der Waals surface area contributed by atoms with Gasteiger partial charge < -0.3 is 3.53 Å². The Morgan fingerprint density at radius 2 is 2.45 bits per heavy atom. The van der Waals surface area contributed by atoms with Gasteiger partial charge in [-0.3, -0.25) is 0 Å². The van der Waals surface area contributed by atoms with Gasteiger partial charge in [-0.1, -0.05) is 0 Å². The lowest BCUT2D eigenvalue weighted by atomic mass is 10.5. The predicted molar refractivity (Wildman–Crippen MR) is 50.6 cm³/mol. The summed E-state index contributed by atoms with van der Waals surface area (Å²) < 4.78 is 4.70. The highest BCUT2D eigenvalue weighted by molar-refractivity contribution is 14.1. The van der Waals surface area contributed by atoms with Crippen LogP contribution < -0.4 is 3.53 Å². The third-order valence-electron chi connectivity index (χ3n) is 1.38. The number of fused-ring (bicyclic) bond motifs is 1. The molecule has 0 aliphatic heterocycles. The van der Waals surface area contributed by atoms with Crippen molar-refractivity contribution in [1.29, 1.82) is 0 Å². The molecule has 2 aromatic heterocycles. The molecule has 2 rings (SSSR count). The van der Waals surface area contributed by atoms with Gasteiger partial charge in [-0.2, -0.15) is 5.10 Å². The summed E-state index contributed by atoms with van der Waals surface area (Å²) >= 11 is 2.05. The lowest BCUT2D eigenvalue weighted by Crippen LogP contribution is -1.87. The minimum absolute atomic E-state index is 0.849. The van der Waals surface area contributed by atoms with Crippen molar-refractivity contribution < 1.29 is 0 Å². The van der Waals surface area contributed by atoms with E-state index in [0.29, 0.717) is 0 Å². The second-order valence-corrected chi connectivity index (χ2v) is 2.58. The van der Waals surface area contributed by atoms with Crippen molar-refractivity contribution in [2.45, 2.75) is 0 Å². The van der Waals surface area contributed by atoms with E-state index >= 15 is 0 Å². The molecule has 0 unspecified atom stereocenters. The van der Waals surface area contributed by atoms with Crippen molar-refractivity contribution in [1.82, 2.24) is 14.6 Å². The van der Waals surface area contributed by atoms with E-state index in [-0.39, 0.29) is 0 Å². The fraction of sp³-hybridized carbons (Fsp3) is 0. The zero-order valence-electron chi connectivity index (χ0n) is 5.53. The minimum atomic E-state index is 0.849. The first-order valence-corrected chi connectivity index (χ1v) is 4.14. The van der Waals surface area contributed by atoms with Gasteiger partial charge >= 0.3 is 0 Å². The Balaban J connectivity index is 2.76. The summed E-state index contributed by atoms with van der Waals surface area (Å²) in [6.45, 7) is 0. The average molecular weight is 260 g/mol. The van der Waals surface area contributed by atoms with Crippen molar-refractivity contribution in [2.24, 2.45) is 0 Å². The van der Waals surface area contributed by atoms with Crippen LogP contribution in [0.1, 0.15) is 0 Å². The van der Waals surface area contributed by atoms with Crippen LogP contribution in [0.3, 0.4) is 0 Å². The highest BCUT2D eigenvalue weighted by atomic mass is 127. The average Bonchev–Trinajstić information content (AvgIpc) is 2.47. The number of halogens is 1. The molecular formula is C6H5IN4. The second-order valence-electron chi connectivity index (χ2n) is 2.04. The first-order valence-electron chi connectivity index (χ1n) is 3.07. The molecule has 56 valence electrons. The zero-order chi connectivity index (χ0) is 7.68. The molecule has 4 nitrogen and oxygen atoms in total. The maximum Gasteiger partial charge on any atom is 0.179 e.